The van der Waals surface area contributed by atoms with Gasteiger partial charge in [-0.25, -0.2) is 4.79 Å². The third-order valence-electron chi connectivity index (χ3n) is 5.03. The summed E-state index contributed by atoms with van der Waals surface area (Å²) in [6, 6.07) is 7.92. The van der Waals surface area contributed by atoms with Crippen molar-refractivity contribution < 1.29 is 14.3 Å². The van der Waals surface area contributed by atoms with Crippen molar-refractivity contribution >= 4 is 11.9 Å². The largest absolute Gasteiger partial charge is 0.376 e. The van der Waals surface area contributed by atoms with Gasteiger partial charge in [0.25, 0.3) is 0 Å². The number of piperazine rings is 1. The summed E-state index contributed by atoms with van der Waals surface area (Å²) in [4.78, 5) is 28.4. The smallest absolute Gasteiger partial charge is 0.317 e. The number of hydrogen-bond donors (Lipinski definition) is 1. The van der Waals surface area contributed by atoms with Crippen LogP contribution in [0.2, 0.25) is 0 Å². The van der Waals surface area contributed by atoms with Gasteiger partial charge in [0, 0.05) is 39.3 Å². The Balaban J connectivity index is 1.42. The fourth-order valence-electron chi connectivity index (χ4n) is 3.36. The molecule has 0 saturated carbocycles. The monoisotopic (exact) mass is 345 g/mol. The normalized spacial score (nSPS) is 20.6. The highest BCUT2D eigenvalue weighted by Crippen LogP contribution is 2.12. The lowest BCUT2D eigenvalue weighted by Gasteiger charge is -2.35. The van der Waals surface area contributed by atoms with Crippen LogP contribution < -0.4 is 5.32 Å². The molecule has 2 aliphatic heterocycles. The highest BCUT2D eigenvalue weighted by molar-refractivity contribution is 5.80. The van der Waals surface area contributed by atoms with Gasteiger partial charge in [-0.05, 0) is 30.9 Å². The topological polar surface area (TPSA) is 61.9 Å². The summed E-state index contributed by atoms with van der Waals surface area (Å²) in [5, 5.41) is 2.94. The molecule has 3 rings (SSSR count). The minimum absolute atomic E-state index is 0.0542. The molecule has 2 saturated heterocycles. The minimum atomic E-state index is -0.0542. The van der Waals surface area contributed by atoms with E-state index in [0.29, 0.717) is 39.1 Å². The van der Waals surface area contributed by atoms with Crippen molar-refractivity contribution in [1.82, 2.24) is 15.1 Å². The molecule has 0 bridgehead atoms. The molecule has 2 aliphatic rings. The van der Waals surface area contributed by atoms with E-state index in [1.165, 1.54) is 0 Å². The number of aryl methyl sites for hydroxylation is 1. The molecule has 0 spiro atoms. The predicted octanol–water partition coefficient (Wildman–Crippen LogP) is 1.57. The van der Waals surface area contributed by atoms with Crippen molar-refractivity contribution in [3.63, 3.8) is 0 Å². The van der Waals surface area contributed by atoms with Gasteiger partial charge in [-0.15, -0.1) is 0 Å². The van der Waals surface area contributed by atoms with Crippen LogP contribution in [-0.2, 0) is 16.0 Å². The molecule has 25 heavy (non-hydrogen) atoms. The standard InChI is InChI=1S/C19H27N3O3/c1-15-5-2-3-6-16(15)13-18(23)21-8-10-22(11-9-21)19(24)20-14-17-7-4-12-25-17/h2-3,5-6,17H,4,7-14H2,1H3,(H,20,24)/t17-/m0/s1. The first-order chi connectivity index (χ1) is 12.1. The molecule has 1 aromatic rings. The summed E-state index contributed by atoms with van der Waals surface area (Å²) < 4.78 is 5.52. The van der Waals surface area contributed by atoms with Crippen molar-refractivity contribution in [2.75, 3.05) is 39.3 Å². The summed E-state index contributed by atoms with van der Waals surface area (Å²) in [7, 11) is 0. The number of hydrogen-bond acceptors (Lipinski definition) is 3. The maximum Gasteiger partial charge on any atom is 0.317 e. The molecule has 136 valence electrons. The number of carbonyl (C=O) groups is 2. The van der Waals surface area contributed by atoms with Gasteiger partial charge in [0.05, 0.1) is 12.5 Å². The fourth-order valence-corrected chi connectivity index (χ4v) is 3.36. The van der Waals surface area contributed by atoms with Crippen LogP contribution in [0.3, 0.4) is 0 Å². The number of urea groups is 1. The third kappa shape index (κ3) is 4.72. The van der Waals surface area contributed by atoms with Gasteiger partial charge in [0.2, 0.25) is 5.91 Å². The van der Waals surface area contributed by atoms with Crippen LogP contribution in [0, 0.1) is 6.92 Å². The Bertz CT molecular complexity index is 606. The van der Waals surface area contributed by atoms with Crippen LogP contribution >= 0.6 is 0 Å². The van der Waals surface area contributed by atoms with E-state index in [1.54, 1.807) is 4.90 Å². The maximum atomic E-state index is 12.5. The van der Waals surface area contributed by atoms with E-state index in [1.807, 2.05) is 36.1 Å². The van der Waals surface area contributed by atoms with Gasteiger partial charge in [-0.2, -0.15) is 0 Å². The number of ether oxygens (including phenoxy) is 1. The highest BCUT2D eigenvalue weighted by Gasteiger charge is 2.25. The Kier molecular flexibility index (Phi) is 5.91. The number of nitrogens with zero attached hydrogens (tertiary/aromatic N) is 2. The van der Waals surface area contributed by atoms with Gasteiger partial charge >= 0.3 is 6.03 Å². The SMILES string of the molecule is Cc1ccccc1CC(=O)N1CCN(C(=O)NC[C@@H]2CCCO2)CC1. The van der Waals surface area contributed by atoms with Crippen LogP contribution in [0.15, 0.2) is 24.3 Å². The lowest BCUT2D eigenvalue weighted by Crippen LogP contribution is -2.54. The summed E-state index contributed by atoms with van der Waals surface area (Å²) in [6.45, 7) is 5.75. The van der Waals surface area contributed by atoms with E-state index in [0.717, 1.165) is 30.6 Å². The average molecular weight is 345 g/mol. The van der Waals surface area contributed by atoms with Crippen LogP contribution in [-0.4, -0.2) is 67.2 Å². The van der Waals surface area contributed by atoms with Crippen molar-refractivity contribution in [3.8, 4) is 0 Å². The summed E-state index contributed by atoms with van der Waals surface area (Å²) in [5.74, 6) is 0.133. The molecule has 0 aromatic heterocycles. The molecule has 2 fully saturated rings. The first kappa shape index (κ1) is 17.7. The van der Waals surface area contributed by atoms with Gasteiger partial charge in [-0.1, -0.05) is 24.3 Å². The molecule has 2 heterocycles. The molecule has 1 atom stereocenters. The average Bonchev–Trinajstić information content (AvgIpc) is 3.15. The quantitative estimate of drug-likeness (QED) is 0.901. The Morgan fingerprint density at radius 3 is 2.56 bits per heavy atom. The van der Waals surface area contributed by atoms with Gasteiger partial charge < -0.3 is 19.9 Å². The van der Waals surface area contributed by atoms with Gasteiger partial charge in [0.1, 0.15) is 0 Å². The van der Waals surface area contributed by atoms with Crippen LogP contribution in [0.25, 0.3) is 0 Å². The minimum Gasteiger partial charge on any atom is -0.376 e. The van der Waals surface area contributed by atoms with E-state index in [-0.39, 0.29) is 18.0 Å². The van der Waals surface area contributed by atoms with Crippen molar-refractivity contribution in [3.05, 3.63) is 35.4 Å². The molecular weight excluding hydrogens is 318 g/mol. The van der Waals surface area contributed by atoms with E-state index < -0.39 is 0 Å². The second-order valence-electron chi connectivity index (χ2n) is 6.79. The van der Waals surface area contributed by atoms with Crippen molar-refractivity contribution in [2.45, 2.75) is 32.3 Å². The third-order valence-corrected chi connectivity index (χ3v) is 5.03. The fraction of sp³-hybridized carbons (Fsp3) is 0.579. The zero-order valence-corrected chi connectivity index (χ0v) is 14.9. The Labute approximate surface area is 149 Å². The number of nitrogens with one attached hydrogen (secondary N) is 1. The van der Waals surface area contributed by atoms with E-state index in [4.69, 9.17) is 4.74 Å². The predicted molar refractivity (Wildman–Crippen MR) is 95.4 cm³/mol. The lowest BCUT2D eigenvalue weighted by atomic mass is 10.1. The molecule has 0 radical (unpaired) electrons. The van der Waals surface area contributed by atoms with Crippen LogP contribution in [0.1, 0.15) is 24.0 Å². The molecule has 0 aliphatic carbocycles. The number of carbonyl (C=O) groups excluding carboxylic acids is 2. The van der Waals surface area contributed by atoms with Crippen molar-refractivity contribution in [2.24, 2.45) is 0 Å². The van der Waals surface area contributed by atoms with E-state index in [2.05, 4.69) is 5.32 Å². The second kappa shape index (κ2) is 8.34. The molecule has 3 amide bonds. The molecule has 6 heteroatoms. The number of amides is 3. The maximum absolute atomic E-state index is 12.5. The van der Waals surface area contributed by atoms with Crippen LogP contribution in [0.5, 0.6) is 0 Å². The molecule has 1 aromatic carbocycles. The summed E-state index contributed by atoms with van der Waals surface area (Å²) in [6.07, 6.45) is 2.67. The summed E-state index contributed by atoms with van der Waals surface area (Å²) >= 11 is 0. The van der Waals surface area contributed by atoms with Crippen LogP contribution in [0.4, 0.5) is 4.79 Å². The summed E-state index contributed by atoms with van der Waals surface area (Å²) in [5.41, 5.74) is 2.22. The Hall–Kier alpha value is -2.08. The zero-order chi connectivity index (χ0) is 17.6. The van der Waals surface area contributed by atoms with E-state index >= 15 is 0 Å². The molecular formula is C19H27N3O3. The van der Waals surface area contributed by atoms with Gasteiger partial charge in [-0.3, -0.25) is 4.79 Å². The van der Waals surface area contributed by atoms with Gasteiger partial charge in [0.15, 0.2) is 0 Å². The first-order valence-corrected chi connectivity index (χ1v) is 9.10. The Morgan fingerprint density at radius 1 is 1.16 bits per heavy atom. The zero-order valence-electron chi connectivity index (χ0n) is 14.9. The molecule has 0 unspecified atom stereocenters. The first-order valence-electron chi connectivity index (χ1n) is 9.10. The lowest BCUT2D eigenvalue weighted by molar-refractivity contribution is -0.131. The van der Waals surface area contributed by atoms with Crippen molar-refractivity contribution in [1.29, 1.82) is 0 Å². The number of rotatable bonds is 4. The molecule has 1 N–H and O–H groups in total. The number of benzene rings is 1. The second-order valence-corrected chi connectivity index (χ2v) is 6.79. The van der Waals surface area contributed by atoms with E-state index in [9.17, 15) is 9.59 Å². The Morgan fingerprint density at radius 2 is 1.88 bits per heavy atom. The molecule has 6 nitrogen and oxygen atoms in total. The highest BCUT2D eigenvalue weighted by atomic mass is 16.5.